The first-order valence-electron chi connectivity index (χ1n) is 10.3. The molecule has 8 nitrogen and oxygen atoms in total. The van der Waals surface area contributed by atoms with Crippen molar-refractivity contribution >= 4 is 49.9 Å². The van der Waals surface area contributed by atoms with Crippen molar-refractivity contribution in [3.05, 3.63) is 46.0 Å². The lowest BCUT2D eigenvalue weighted by Crippen LogP contribution is -2.24. The summed E-state index contributed by atoms with van der Waals surface area (Å²) in [5.41, 5.74) is 1.95. The van der Waals surface area contributed by atoms with Crippen molar-refractivity contribution in [3.63, 3.8) is 0 Å². The maximum Gasteiger partial charge on any atom is 0.324 e. The molecule has 0 spiro atoms. The van der Waals surface area contributed by atoms with Crippen molar-refractivity contribution in [3.8, 4) is 0 Å². The second-order valence-electron chi connectivity index (χ2n) is 7.99. The van der Waals surface area contributed by atoms with Crippen LogP contribution in [-0.2, 0) is 17.8 Å². The fourth-order valence-electron chi connectivity index (χ4n) is 3.77. The Morgan fingerprint density at radius 2 is 1.77 bits per heavy atom. The van der Waals surface area contributed by atoms with Crippen molar-refractivity contribution in [2.75, 3.05) is 16.0 Å². The molecule has 0 saturated heterocycles. The molecule has 1 aliphatic heterocycles. The number of urea groups is 1. The number of aryl methyl sites for hydroxylation is 2. The number of thiophene rings is 1. The van der Waals surface area contributed by atoms with E-state index >= 15 is 0 Å². The normalized spacial score (nSPS) is 15.8. The molecule has 3 amide bonds. The quantitative estimate of drug-likeness (QED) is 0.564. The minimum atomic E-state index is -0.405. The van der Waals surface area contributed by atoms with E-state index in [0.29, 0.717) is 39.1 Å². The van der Waals surface area contributed by atoms with Crippen molar-refractivity contribution < 1.29 is 9.59 Å². The molecule has 0 saturated carbocycles. The third-order valence-electron chi connectivity index (χ3n) is 5.53. The lowest BCUT2D eigenvalue weighted by Gasteiger charge is -2.09. The molecule has 1 aliphatic rings. The van der Waals surface area contributed by atoms with Gasteiger partial charge in [0, 0.05) is 31.3 Å². The van der Waals surface area contributed by atoms with Crippen LogP contribution in [0.25, 0.3) is 10.2 Å². The molecule has 2 aromatic heterocycles. The summed E-state index contributed by atoms with van der Waals surface area (Å²) in [6.07, 6.45) is 2.79. The van der Waals surface area contributed by atoms with Crippen LogP contribution >= 0.6 is 11.3 Å². The molecule has 9 heteroatoms. The third kappa shape index (κ3) is 4.46. The molecule has 0 unspecified atom stereocenters. The maximum atomic E-state index is 13.1. The highest BCUT2D eigenvalue weighted by molar-refractivity contribution is 7.22. The lowest BCUT2D eigenvalue weighted by molar-refractivity contribution is -0.114. The summed E-state index contributed by atoms with van der Waals surface area (Å²) in [5, 5.41) is 9.48. The maximum absolute atomic E-state index is 13.1. The number of aromatic nitrogens is 2. The van der Waals surface area contributed by atoms with Gasteiger partial charge in [-0.05, 0) is 55.5 Å². The second kappa shape index (κ2) is 8.50. The zero-order valence-corrected chi connectivity index (χ0v) is 18.6. The van der Waals surface area contributed by atoms with E-state index in [4.69, 9.17) is 4.98 Å². The van der Waals surface area contributed by atoms with Crippen LogP contribution in [0, 0.1) is 12.8 Å². The Labute approximate surface area is 183 Å². The number of nitrogens with one attached hydrogen (secondary N) is 3. The number of hydrogen-bond donors (Lipinski definition) is 3. The van der Waals surface area contributed by atoms with Crippen LogP contribution in [-0.4, -0.2) is 21.5 Å². The zero-order valence-electron chi connectivity index (χ0n) is 17.7. The van der Waals surface area contributed by atoms with Gasteiger partial charge < -0.3 is 10.6 Å². The molecule has 0 aliphatic carbocycles. The van der Waals surface area contributed by atoms with Crippen LogP contribution in [0.4, 0.5) is 21.2 Å². The zero-order chi connectivity index (χ0) is 22.1. The monoisotopic (exact) mass is 439 g/mol. The molecular formula is C22H25N5O3S. The summed E-state index contributed by atoms with van der Waals surface area (Å²) >= 11 is 1.32. The first-order chi connectivity index (χ1) is 14.8. The van der Waals surface area contributed by atoms with Crippen LogP contribution in [0.15, 0.2) is 29.1 Å². The van der Waals surface area contributed by atoms with Crippen molar-refractivity contribution in [1.82, 2.24) is 9.55 Å². The minimum absolute atomic E-state index is 0.0233. The molecule has 1 atom stereocenters. The average Bonchev–Trinajstić information content (AvgIpc) is 2.88. The molecule has 4 rings (SSSR count). The standard InChI is InChI=1S/C22H25N5O3S/c1-12-4-9-17-25-20-18(21(29)27(17)11-10-12)13(2)19(31-20)26-22(30)24-16-7-5-15(6-8-16)23-14(3)28/h5-8,12H,4,9-11H2,1-3H3,(H,23,28)(H2,24,26,30)/t12-/m1/s1. The Kier molecular flexibility index (Phi) is 5.77. The highest BCUT2D eigenvalue weighted by Crippen LogP contribution is 2.33. The molecular weight excluding hydrogens is 414 g/mol. The average molecular weight is 440 g/mol. The molecule has 0 fully saturated rings. The van der Waals surface area contributed by atoms with E-state index in [0.717, 1.165) is 30.7 Å². The van der Waals surface area contributed by atoms with Crippen LogP contribution in [0.3, 0.4) is 0 Å². The Balaban J connectivity index is 1.54. The van der Waals surface area contributed by atoms with Crippen LogP contribution in [0.5, 0.6) is 0 Å². The van der Waals surface area contributed by atoms with Gasteiger partial charge in [0.2, 0.25) is 5.91 Å². The molecule has 162 valence electrons. The Morgan fingerprint density at radius 3 is 2.45 bits per heavy atom. The predicted octanol–water partition coefficient (Wildman–Crippen LogP) is 4.34. The van der Waals surface area contributed by atoms with E-state index in [1.807, 2.05) is 6.92 Å². The second-order valence-corrected chi connectivity index (χ2v) is 8.99. The predicted molar refractivity (Wildman–Crippen MR) is 124 cm³/mol. The molecule has 31 heavy (non-hydrogen) atoms. The highest BCUT2D eigenvalue weighted by atomic mass is 32.1. The fourth-order valence-corrected chi connectivity index (χ4v) is 4.86. The van der Waals surface area contributed by atoms with Gasteiger partial charge in [-0.25, -0.2) is 9.78 Å². The number of benzene rings is 1. The number of carbonyl (C=O) groups is 2. The van der Waals surface area contributed by atoms with Gasteiger partial charge in [0.1, 0.15) is 15.7 Å². The molecule has 3 heterocycles. The first kappa shape index (κ1) is 21.0. The number of hydrogen-bond acceptors (Lipinski definition) is 5. The topological polar surface area (TPSA) is 105 Å². The van der Waals surface area contributed by atoms with Gasteiger partial charge in [0.15, 0.2) is 0 Å². The van der Waals surface area contributed by atoms with E-state index < -0.39 is 6.03 Å². The number of rotatable bonds is 3. The lowest BCUT2D eigenvalue weighted by atomic mass is 10.0. The Bertz CT molecular complexity index is 1210. The largest absolute Gasteiger partial charge is 0.326 e. The summed E-state index contributed by atoms with van der Waals surface area (Å²) in [7, 11) is 0. The number of amides is 3. The molecule has 0 bridgehead atoms. The van der Waals surface area contributed by atoms with Crippen LogP contribution < -0.4 is 21.5 Å². The smallest absolute Gasteiger partial charge is 0.324 e. The van der Waals surface area contributed by atoms with Gasteiger partial charge in [0.25, 0.3) is 5.56 Å². The van der Waals surface area contributed by atoms with Gasteiger partial charge in [-0.15, -0.1) is 0 Å². The molecule has 0 radical (unpaired) electrons. The molecule has 1 aromatic carbocycles. The summed E-state index contributed by atoms with van der Waals surface area (Å²) in [6, 6.07) is 6.42. The first-order valence-corrected chi connectivity index (χ1v) is 11.1. The number of carbonyl (C=O) groups excluding carboxylic acids is 2. The van der Waals surface area contributed by atoms with E-state index in [9.17, 15) is 14.4 Å². The minimum Gasteiger partial charge on any atom is -0.326 e. The van der Waals surface area contributed by atoms with E-state index in [1.54, 1.807) is 28.8 Å². The highest BCUT2D eigenvalue weighted by Gasteiger charge is 2.21. The molecule has 3 aromatic rings. The van der Waals surface area contributed by atoms with Crippen LogP contribution in [0.1, 0.15) is 38.1 Å². The third-order valence-corrected chi connectivity index (χ3v) is 6.63. The van der Waals surface area contributed by atoms with E-state index in [2.05, 4.69) is 22.9 Å². The summed E-state index contributed by atoms with van der Waals surface area (Å²) in [6.45, 7) is 6.17. The van der Waals surface area contributed by atoms with Crippen LogP contribution in [0.2, 0.25) is 0 Å². The summed E-state index contributed by atoms with van der Waals surface area (Å²) < 4.78 is 1.80. The van der Waals surface area contributed by atoms with E-state index in [-0.39, 0.29) is 11.5 Å². The number of fused-ring (bicyclic) bond motifs is 2. The summed E-state index contributed by atoms with van der Waals surface area (Å²) in [5.74, 6) is 1.25. The SMILES string of the molecule is CC(=O)Nc1ccc(NC(=O)Nc2sc3nc4n(c(=O)c3c2C)CC[C@H](C)CC4)cc1. The Morgan fingerprint density at radius 1 is 1.10 bits per heavy atom. The van der Waals surface area contributed by atoms with Crippen molar-refractivity contribution in [2.24, 2.45) is 5.92 Å². The van der Waals surface area contributed by atoms with Gasteiger partial charge in [-0.2, -0.15) is 0 Å². The van der Waals surface area contributed by atoms with E-state index in [1.165, 1.54) is 18.3 Å². The Hall–Kier alpha value is -3.20. The summed E-state index contributed by atoms with van der Waals surface area (Å²) in [4.78, 5) is 42.2. The molecule has 3 N–H and O–H groups in total. The van der Waals surface area contributed by atoms with Gasteiger partial charge in [-0.3, -0.25) is 19.5 Å². The number of anilines is 3. The van der Waals surface area contributed by atoms with Gasteiger partial charge >= 0.3 is 6.03 Å². The van der Waals surface area contributed by atoms with Gasteiger partial charge in [-0.1, -0.05) is 18.3 Å². The van der Waals surface area contributed by atoms with Gasteiger partial charge in [0.05, 0.1) is 5.39 Å². The fraction of sp³-hybridized carbons (Fsp3) is 0.364. The van der Waals surface area contributed by atoms with Crippen molar-refractivity contribution in [1.29, 1.82) is 0 Å². The van der Waals surface area contributed by atoms with Crippen molar-refractivity contribution in [2.45, 2.75) is 46.6 Å². The number of nitrogens with zero attached hydrogens (tertiary/aromatic N) is 2.